The van der Waals surface area contributed by atoms with Crippen LogP contribution >= 0.6 is 0 Å². The number of anilines is 1. The van der Waals surface area contributed by atoms with Crippen molar-refractivity contribution in [2.75, 3.05) is 58.8 Å². The number of fused-ring (bicyclic) bond motifs is 1. The summed E-state index contributed by atoms with van der Waals surface area (Å²) in [6.07, 6.45) is 9.44. The number of piperazine rings is 1. The molecule has 1 saturated heterocycles. The summed E-state index contributed by atoms with van der Waals surface area (Å²) in [4.78, 5) is 28.0. The van der Waals surface area contributed by atoms with Gasteiger partial charge in [-0.15, -0.1) is 0 Å². The molecule has 0 radical (unpaired) electrons. The van der Waals surface area contributed by atoms with Gasteiger partial charge in [-0.2, -0.15) is 5.10 Å². The van der Waals surface area contributed by atoms with Crippen LogP contribution in [0.3, 0.4) is 0 Å². The van der Waals surface area contributed by atoms with Crippen LogP contribution in [0.25, 0.3) is 22.3 Å². The van der Waals surface area contributed by atoms with Gasteiger partial charge in [-0.25, -0.2) is 14.5 Å². The number of aryl methyl sites for hydroxylation is 1. The van der Waals surface area contributed by atoms with Crippen molar-refractivity contribution in [2.45, 2.75) is 13.3 Å². The normalized spacial score (nSPS) is 14.6. The Morgan fingerprint density at radius 1 is 1.20 bits per heavy atom. The minimum atomic E-state index is 0.164. The van der Waals surface area contributed by atoms with E-state index in [9.17, 15) is 4.79 Å². The first kappa shape index (κ1) is 24.3. The molecule has 3 aromatic heterocycles. The third kappa shape index (κ3) is 5.17. The Morgan fingerprint density at radius 3 is 2.57 bits per heavy atom. The number of nitrogens with zero attached hydrogens (tertiary/aromatic N) is 7. The maximum Gasteiger partial charge on any atom is 0.236 e. The summed E-state index contributed by atoms with van der Waals surface area (Å²) in [7, 11) is 5.62. The third-order valence-electron chi connectivity index (χ3n) is 6.13. The van der Waals surface area contributed by atoms with Crippen molar-refractivity contribution in [3.63, 3.8) is 0 Å². The van der Waals surface area contributed by atoms with Gasteiger partial charge in [0.25, 0.3) is 0 Å². The molecule has 0 saturated carbocycles. The molecule has 0 unspecified atom stereocenters. The van der Waals surface area contributed by atoms with Crippen LogP contribution in [0.5, 0.6) is 0 Å². The molecule has 4 heterocycles. The average molecular weight is 476 g/mol. The summed E-state index contributed by atoms with van der Waals surface area (Å²) in [6.45, 7) is 5.43. The molecule has 3 aromatic rings. The zero-order valence-corrected chi connectivity index (χ0v) is 20.8. The Bertz CT molecular complexity index is 1220. The molecule has 0 bridgehead atoms. The van der Waals surface area contributed by atoms with E-state index < -0.39 is 0 Å². The topological polar surface area (TPSA) is 106 Å². The van der Waals surface area contributed by atoms with Gasteiger partial charge >= 0.3 is 0 Å². The van der Waals surface area contributed by atoms with Gasteiger partial charge in [0, 0.05) is 63.0 Å². The Morgan fingerprint density at radius 2 is 1.97 bits per heavy atom. The summed E-state index contributed by atoms with van der Waals surface area (Å²) in [5.41, 5.74) is 5.06. The van der Waals surface area contributed by atoms with E-state index in [-0.39, 0.29) is 5.91 Å². The molecule has 1 aliphatic rings. The van der Waals surface area contributed by atoms with Crippen molar-refractivity contribution in [1.29, 1.82) is 5.41 Å². The molecule has 0 aromatic carbocycles. The van der Waals surface area contributed by atoms with Crippen molar-refractivity contribution in [3.05, 3.63) is 48.2 Å². The predicted molar refractivity (Wildman–Crippen MR) is 139 cm³/mol. The minimum absolute atomic E-state index is 0.164. The molecule has 184 valence electrons. The average Bonchev–Trinajstić information content (AvgIpc) is 3.30. The van der Waals surface area contributed by atoms with Crippen molar-refractivity contribution < 1.29 is 4.79 Å². The van der Waals surface area contributed by atoms with Crippen LogP contribution in [-0.2, 0) is 11.2 Å². The van der Waals surface area contributed by atoms with E-state index >= 15 is 0 Å². The smallest absolute Gasteiger partial charge is 0.236 e. The first-order valence-corrected chi connectivity index (χ1v) is 11.8. The van der Waals surface area contributed by atoms with Gasteiger partial charge in [-0.3, -0.25) is 4.79 Å². The molecule has 0 spiro atoms. The van der Waals surface area contributed by atoms with Crippen LogP contribution < -0.4 is 10.2 Å². The van der Waals surface area contributed by atoms with E-state index in [1.165, 1.54) is 6.21 Å². The Kier molecular flexibility index (Phi) is 7.40. The molecule has 10 heteroatoms. The summed E-state index contributed by atoms with van der Waals surface area (Å²) in [5.74, 6) is 1.05. The van der Waals surface area contributed by atoms with Gasteiger partial charge in [0.15, 0.2) is 0 Å². The summed E-state index contributed by atoms with van der Waals surface area (Å²) in [6, 6.07) is 4.05. The monoisotopic (exact) mass is 475 g/mol. The number of nitrogens with one attached hydrogen (secondary N) is 2. The van der Waals surface area contributed by atoms with Crippen LogP contribution in [0, 0.1) is 5.41 Å². The van der Waals surface area contributed by atoms with Gasteiger partial charge in [-0.05, 0) is 38.2 Å². The second-order valence-corrected chi connectivity index (χ2v) is 8.83. The number of pyridine rings is 1. The highest BCUT2D eigenvalue weighted by Crippen LogP contribution is 2.28. The third-order valence-corrected chi connectivity index (χ3v) is 6.13. The van der Waals surface area contributed by atoms with Crippen molar-refractivity contribution in [2.24, 2.45) is 0 Å². The molecule has 1 aliphatic heterocycles. The van der Waals surface area contributed by atoms with E-state index in [2.05, 4.69) is 22.2 Å². The van der Waals surface area contributed by atoms with Crippen LogP contribution in [0.1, 0.15) is 18.2 Å². The summed E-state index contributed by atoms with van der Waals surface area (Å²) in [5, 5.41) is 15.3. The molecule has 1 amide bonds. The quantitative estimate of drug-likeness (QED) is 0.479. The standard InChI is InChI=1S/C25H33N9O/c1-5-18-15-29-34-16-21(20(12-26)13-27-2)30-24(25(18)34)19-6-7-22(28-14-19)32-8-10-33(11-9-32)23(35)17-31(3)4/h6-7,12-16,26-27H,5,8-11,17H2,1-4H3/b20-13+,26-12?. The Hall–Kier alpha value is -3.79. The lowest BCUT2D eigenvalue weighted by atomic mass is 10.1. The van der Waals surface area contributed by atoms with Crippen molar-refractivity contribution in [1.82, 2.24) is 34.7 Å². The SMILES string of the molecule is CCc1cnn2cc(/C(C=N)=C/NC)nc(-c3ccc(N4CCN(C(=O)CN(C)C)CC4)nc3)c12. The fourth-order valence-corrected chi connectivity index (χ4v) is 4.29. The first-order valence-electron chi connectivity index (χ1n) is 11.8. The van der Waals surface area contributed by atoms with E-state index in [0.717, 1.165) is 47.7 Å². The van der Waals surface area contributed by atoms with Crippen LogP contribution in [0.2, 0.25) is 0 Å². The van der Waals surface area contributed by atoms with Crippen LogP contribution in [-0.4, -0.2) is 95.4 Å². The lowest BCUT2D eigenvalue weighted by molar-refractivity contribution is -0.132. The Balaban J connectivity index is 1.60. The minimum Gasteiger partial charge on any atom is -0.393 e. The van der Waals surface area contributed by atoms with Gasteiger partial charge in [0.05, 0.1) is 35.8 Å². The number of carbonyl (C=O) groups is 1. The molecule has 0 aliphatic carbocycles. The zero-order valence-electron chi connectivity index (χ0n) is 20.8. The van der Waals surface area contributed by atoms with Gasteiger partial charge < -0.3 is 25.4 Å². The van der Waals surface area contributed by atoms with Crippen molar-refractivity contribution in [3.8, 4) is 11.3 Å². The van der Waals surface area contributed by atoms with Gasteiger partial charge in [0.1, 0.15) is 5.82 Å². The summed E-state index contributed by atoms with van der Waals surface area (Å²) >= 11 is 0. The molecule has 35 heavy (non-hydrogen) atoms. The molecular weight excluding hydrogens is 442 g/mol. The lowest BCUT2D eigenvalue weighted by Gasteiger charge is -2.35. The number of amides is 1. The summed E-state index contributed by atoms with van der Waals surface area (Å²) < 4.78 is 1.83. The number of carbonyl (C=O) groups excluding carboxylic acids is 1. The highest BCUT2D eigenvalue weighted by Gasteiger charge is 2.22. The van der Waals surface area contributed by atoms with Crippen LogP contribution in [0.15, 0.2) is 36.9 Å². The predicted octanol–water partition coefficient (Wildman–Crippen LogP) is 1.77. The number of allylic oxidation sites excluding steroid dienone is 1. The fraction of sp³-hybridized carbons (Fsp3) is 0.400. The largest absolute Gasteiger partial charge is 0.393 e. The van der Waals surface area contributed by atoms with E-state index in [0.29, 0.717) is 30.9 Å². The van der Waals surface area contributed by atoms with Crippen molar-refractivity contribution >= 4 is 29.0 Å². The number of aromatic nitrogens is 4. The van der Waals surface area contributed by atoms with E-state index in [1.54, 1.807) is 13.2 Å². The zero-order chi connectivity index (χ0) is 24.9. The molecule has 0 atom stereocenters. The van der Waals surface area contributed by atoms with E-state index in [1.807, 2.05) is 59.1 Å². The second-order valence-electron chi connectivity index (χ2n) is 8.83. The maximum atomic E-state index is 12.3. The number of hydrogen-bond acceptors (Lipinski definition) is 8. The lowest BCUT2D eigenvalue weighted by Crippen LogP contribution is -2.50. The number of hydrogen-bond donors (Lipinski definition) is 2. The van der Waals surface area contributed by atoms with Crippen LogP contribution in [0.4, 0.5) is 5.82 Å². The molecule has 2 N–H and O–H groups in total. The highest BCUT2D eigenvalue weighted by molar-refractivity contribution is 6.07. The maximum absolute atomic E-state index is 12.3. The highest BCUT2D eigenvalue weighted by atomic mass is 16.2. The van der Waals surface area contributed by atoms with Gasteiger partial charge in [-0.1, -0.05) is 6.92 Å². The number of rotatable bonds is 8. The fourth-order valence-electron chi connectivity index (χ4n) is 4.29. The first-order chi connectivity index (χ1) is 16.9. The molecule has 1 fully saturated rings. The van der Waals surface area contributed by atoms with E-state index in [4.69, 9.17) is 15.4 Å². The molecule has 4 rings (SSSR count). The molecule has 10 nitrogen and oxygen atoms in total. The number of likely N-dealkylation sites (N-methyl/N-ethyl adjacent to an activating group) is 1. The Labute approximate surface area is 205 Å². The van der Waals surface area contributed by atoms with Gasteiger partial charge in [0.2, 0.25) is 5.91 Å². The molecular formula is C25H33N9O. The second kappa shape index (κ2) is 10.6.